The molecule has 0 fully saturated rings. The SMILES string of the molecule is O=C(COC(=O)Cc1cn2ccsc2n1)Nc1cccnc1Cl. The number of carbonyl (C=O) groups is 2. The van der Waals surface area contributed by atoms with Gasteiger partial charge in [-0.05, 0) is 12.1 Å². The number of hydrogen-bond acceptors (Lipinski definition) is 6. The van der Waals surface area contributed by atoms with Gasteiger partial charge in [0.25, 0.3) is 5.91 Å². The van der Waals surface area contributed by atoms with Gasteiger partial charge in [0.05, 0.1) is 17.8 Å². The molecule has 9 heteroatoms. The van der Waals surface area contributed by atoms with E-state index in [0.717, 1.165) is 4.96 Å². The molecular weight excluding hydrogens is 340 g/mol. The van der Waals surface area contributed by atoms with Crippen LogP contribution in [0.4, 0.5) is 5.69 Å². The summed E-state index contributed by atoms with van der Waals surface area (Å²) in [6.45, 7) is -0.397. The summed E-state index contributed by atoms with van der Waals surface area (Å²) in [6.07, 6.45) is 5.12. The number of amides is 1. The van der Waals surface area contributed by atoms with Crippen molar-refractivity contribution in [3.05, 3.63) is 47.0 Å². The molecule has 3 heterocycles. The van der Waals surface area contributed by atoms with Gasteiger partial charge in [-0.25, -0.2) is 9.97 Å². The maximum atomic E-state index is 11.7. The van der Waals surface area contributed by atoms with Crippen molar-refractivity contribution in [3.8, 4) is 0 Å². The van der Waals surface area contributed by atoms with E-state index in [-0.39, 0.29) is 11.6 Å². The van der Waals surface area contributed by atoms with E-state index < -0.39 is 18.5 Å². The van der Waals surface area contributed by atoms with Gasteiger partial charge in [-0.2, -0.15) is 0 Å². The molecule has 0 unspecified atom stereocenters. The molecule has 3 aromatic rings. The predicted molar refractivity (Wildman–Crippen MR) is 85.6 cm³/mol. The van der Waals surface area contributed by atoms with E-state index >= 15 is 0 Å². The molecule has 0 aliphatic heterocycles. The number of halogens is 1. The minimum Gasteiger partial charge on any atom is -0.455 e. The molecule has 23 heavy (non-hydrogen) atoms. The van der Waals surface area contributed by atoms with Gasteiger partial charge in [0.2, 0.25) is 0 Å². The monoisotopic (exact) mass is 350 g/mol. The fourth-order valence-corrected chi connectivity index (χ4v) is 2.76. The van der Waals surface area contributed by atoms with Gasteiger partial charge in [-0.1, -0.05) is 11.6 Å². The second-order valence-corrected chi connectivity index (χ2v) is 5.78. The van der Waals surface area contributed by atoms with Gasteiger partial charge >= 0.3 is 5.97 Å². The van der Waals surface area contributed by atoms with Crippen molar-refractivity contribution in [1.82, 2.24) is 14.4 Å². The zero-order chi connectivity index (χ0) is 16.2. The van der Waals surface area contributed by atoms with E-state index in [2.05, 4.69) is 15.3 Å². The third-order valence-electron chi connectivity index (χ3n) is 2.87. The minimum atomic E-state index is -0.525. The van der Waals surface area contributed by atoms with Crippen LogP contribution in [-0.2, 0) is 20.7 Å². The molecular formula is C14H11ClN4O3S. The number of thiazole rings is 1. The largest absolute Gasteiger partial charge is 0.455 e. The van der Waals surface area contributed by atoms with Crippen molar-refractivity contribution >= 4 is 45.5 Å². The molecule has 0 aliphatic carbocycles. The van der Waals surface area contributed by atoms with Crippen LogP contribution >= 0.6 is 22.9 Å². The van der Waals surface area contributed by atoms with Gasteiger partial charge in [-0.3, -0.25) is 14.0 Å². The molecule has 118 valence electrons. The summed E-state index contributed by atoms with van der Waals surface area (Å²) in [5.74, 6) is -1.01. The van der Waals surface area contributed by atoms with Gasteiger partial charge in [0.1, 0.15) is 0 Å². The Bertz CT molecular complexity index is 832. The Morgan fingerprint density at radius 2 is 2.30 bits per heavy atom. The summed E-state index contributed by atoms with van der Waals surface area (Å²) in [4.78, 5) is 32.4. The normalized spacial score (nSPS) is 10.7. The van der Waals surface area contributed by atoms with E-state index in [0.29, 0.717) is 11.4 Å². The lowest BCUT2D eigenvalue weighted by Gasteiger charge is -2.06. The molecule has 0 aromatic carbocycles. The predicted octanol–water partition coefficient (Wildman–Crippen LogP) is 2.17. The number of hydrogen-bond donors (Lipinski definition) is 1. The first-order valence-electron chi connectivity index (χ1n) is 6.59. The maximum absolute atomic E-state index is 11.7. The number of anilines is 1. The number of nitrogens with zero attached hydrogens (tertiary/aromatic N) is 3. The number of nitrogens with one attached hydrogen (secondary N) is 1. The topological polar surface area (TPSA) is 85.6 Å². The van der Waals surface area contributed by atoms with Crippen molar-refractivity contribution in [2.24, 2.45) is 0 Å². The Balaban J connectivity index is 1.49. The number of aromatic nitrogens is 3. The molecule has 0 saturated heterocycles. The molecule has 0 radical (unpaired) electrons. The maximum Gasteiger partial charge on any atom is 0.312 e. The number of fused-ring (bicyclic) bond motifs is 1. The first-order chi connectivity index (χ1) is 11.1. The molecule has 0 atom stereocenters. The molecule has 0 bridgehead atoms. The third kappa shape index (κ3) is 3.85. The smallest absolute Gasteiger partial charge is 0.312 e. The van der Waals surface area contributed by atoms with Crippen molar-refractivity contribution in [2.45, 2.75) is 6.42 Å². The van der Waals surface area contributed by atoms with Crippen molar-refractivity contribution in [3.63, 3.8) is 0 Å². The Kier molecular flexibility index (Phi) is 4.54. The van der Waals surface area contributed by atoms with E-state index in [1.54, 1.807) is 18.3 Å². The Morgan fingerprint density at radius 3 is 3.09 bits per heavy atom. The van der Waals surface area contributed by atoms with Gasteiger partial charge < -0.3 is 10.1 Å². The zero-order valence-corrected chi connectivity index (χ0v) is 13.3. The van der Waals surface area contributed by atoms with Gasteiger partial charge in [0.15, 0.2) is 16.7 Å². The van der Waals surface area contributed by atoms with Crippen LogP contribution in [0.5, 0.6) is 0 Å². The Morgan fingerprint density at radius 1 is 1.43 bits per heavy atom. The van der Waals surface area contributed by atoms with Crippen LogP contribution < -0.4 is 5.32 Å². The Labute approximate surface area is 139 Å². The average molecular weight is 351 g/mol. The number of pyridine rings is 1. The second-order valence-electron chi connectivity index (χ2n) is 4.55. The van der Waals surface area contributed by atoms with Crippen LogP contribution in [-0.4, -0.2) is 32.9 Å². The molecule has 0 aliphatic rings. The summed E-state index contributed by atoms with van der Waals surface area (Å²) in [5, 5.41) is 4.59. The summed E-state index contributed by atoms with van der Waals surface area (Å²) in [6, 6.07) is 3.24. The Hall–Kier alpha value is -2.45. The number of imidazole rings is 1. The molecule has 0 saturated carbocycles. The van der Waals surface area contributed by atoms with Crippen LogP contribution in [0.3, 0.4) is 0 Å². The summed E-state index contributed by atoms with van der Waals surface area (Å²) >= 11 is 7.30. The lowest BCUT2D eigenvalue weighted by atomic mass is 10.3. The van der Waals surface area contributed by atoms with Crippen molar-refractivity contribution < 1.29 is 14.3 Å². The molecule has 7 nitrogen and oxygen atoms in total. The van der Waals surface area contributed by atoms with Gasteiger partial charge in [0, 0.05) is 24.0 Å². The minimum absolute atomic E-state index is 0.00925. The van der Waals surface area contributed by atoms with E-state index in [9.17, 15) is 9.59 Å². The molecule has 1 N–H and O–H groups in total. The van der Waals surface area contributed by atoms with Crippen LogP contribution in [0.25, 0.3) is 4.96 Å². The lowest BCUT2D eigenvalue weighted by molar-refractivity contribution is -0.146. The van der Waals surface area contributed by atoms with Crippen molar-refractivity contribution in [1.29, 1.82) is 0 Å². The van der Waals surface area contributed by atoms with Crippen LogP contribution in [0.1, 0.15) is 5.69 Å². The van der Waals surface area contributed by atoms with E-state index in [1.165, 1.54) is 17.5 Å². The quantitative estimate of drug-likeness (QED) is 0.563. The van der Waals surface area contributed by atoms with Crippen LogP contribution in [0.2, 0.25) is 5.15 Å². The molecule has 3 aromatic heterocycles. The number of carbonyl (C=O) groups excluding carboxylic acids is 2. The molecule has 0 spiro atoms. The number of esters is 1. The lowest BCUT2D eigenvalue weighted by Crippen LogP contribution is -2.22. The van der Waals surface area contributed by atoms with Gasteiger partial charge in [-0.15, -0.1) is 11.3 Å². The zero-order valence-electron chi connectivity index (χ0n) is 11.7. The molecule has 3 rings (SSSR count). The number of rotatable bonds is 5. The van der Waals surface area contributed by atoms with Crippen molar-refractivity contribution in [2.75, 3.05) is 11.9 Å². The van der Waals surface area contributed by atoms with Crippen LogP contribution in [0.15, 0.2) is 36.1 Å². The number of ether oxygens (including phenoxy) is 1. The highest BCUT2D eigenvalue weighted by molar-refractivity contribution is 7.15. The summed E-state index contributed by atoms with van der Waals surface area (Å²) in [7, 11) is 0. The fraction of sp³-hybridized carbons (Fsp3) is 0.143. The van der Waals surface area contributed by atoms with E-state index in [4.69, 9.17) is 16.3 Å². The first-order valence-corrected chi connectivity index (χ1v) is 7.84. The first kappa shape index (κ1) is 15.4. The molecule has 1 amide bonds. The highest BCUT2D eigenvalue weighted by atomic mass is 35.5. The standard InChI is InChI=1S/C14H11ClN4O3S/c15-13-10(2-1-3-16-13)18-11(20)8-22-12(21)6-9-7-19-4-5-23-14(19)17-9/h1-5,7H,6,8H2,(H,18,20). The van der Waals surface area contributed by atoms with E-state index in [1.807, 2.05) is 16.0 Å². The summed E-state index contributed by atoms with van der Waals surface area (Å²) < 4.78 is 6.76. The highest BCUT2D eigenvalue weighted by Gasteiger charge is 2.12. The fourth-order valence-electron chi connectivity index (χ4n) is 1.87. The van der Waals surface area contributed by atoms with Crippen LogP contribution in [0, 0.1) is 0 Å². The summed E-state index contributed by atoms with van der Waals surface area (Å²) in [5.41, 5.74) is 0.960. The highest BCUT2D eigenvalue weighted by Crippen LogP contribution is 2.17. The second kappa shape index (κ2) is 6.76. The average Bonchev–Trinajstić information content (AvgIpc) is 3.09. The third-order valence-corrected chi connectivity index (χ3v) is 3.94.